The van der Waals surface area contributed by atoms with Crippen LogP contribution in [0.5, 0.6) is 5.75 Å². The molecule has 3 rings (SSSR count). The van der Waals surface area contributed by atoms with E-state index in [2.05, 4.69) is 4.98 Å². The molecule has 0 saturated heterocycles. The average molecular weight is 255 g/mol. The van der Waals surface area contributed by atoms with Gasteiger partial charge in [-0.25, -0.2) is 0 Å². The fourth-order valence-electron chi connectivity index (χ4n) is 2.50. The molecule has 1 aliphatic rings. The number of benzene rings is 1. The zero-order valence-corrected chi connectivity index (χ0v) is 11.0. The smallest absolute Gasteiger partial charge is 0.130 e. The molecule has 98 valence electrons. The summed E-state index contributed by atoms with van der Waals surface area (Å²) in [7, 11) is 0. The fraction of sp³-hybridized carbons (Fsp3) is 0.312. The van der Waals surface area contributed by atoms with Gasteiger partial charge in [-0.3, -0.25) is 4.98 Å². The van der Waals surface area contributed by atoms with Crippen LogP contribution >= 0.6 is 0 Å². The van der Waals surface area contributed by atoms with Crippen LogP contribution in [0.15, 0.2) is 36.4 Å². The lowest BCUT2D eigenvalue weighted by Gasteiger charge is -2.09. The Morgan fingerprint density at radius 2 is 2.21 bits per heavy atom. The highest BCUT2D eigenvalue weighted by atomic mass is 16.5. The highest BCUT2D eigenvalue weighted by Crippen LogP contribution is 2.33. The normalized spacial score (nSPS) is 17.3. The van der Waals surface area contributed by atoms with E-state index in [1.807, 2.05) is 43.3 Å². The predicted molar refractivity (Wildman–Crippen MR) is 73.0 cm³/mol. The van der Waals surface area contributed by atoms with Gasteiger partial charge in [0.25, 0.3) is 0 Å². The summed E-state index contributed by atoms with van der Waals surface area (Å²) in [4.78, 5) is 4.41. The minimum Gasteiger partial charge on any atom is -0.487 e. The number of fused-ring (bicyclic) bond motifs is 1. The van der Waals surface area contributed by atoms with E-state index < -0.39 is 0 Å². The van der Waals surface area contributed by atoms with Crippen LogP contribution in [0.3, 0.4) is 0 Å². The van der Waals surface area contributed by atoms with E-state index in [4.69, 9.17) is 4.74 Å². The van der Waals surface area contributed by atoms with Crippen molar-refractivity contribution in [1.82, 2.24) is 4.98 Å². The molecule has 0 saturated carbocycles. The number of hydrogen-bond acceptors (Lipinski definition) is 3. The topological polar surface area (TPSA) is 42.4 Å². The van der Waals surface area contributed by atoms with Crippen molar-refractivity contribution >= 4 is 0 Å². The summed E-state index contributed by atoms with van der Waals surface area (Å²) in [6.07, 6.45) is 1.44. The zero-order valence-electron chi connectivity index (χ0n) is 11.0. The molecule has 3 nitrogen and oxygen atoms in total. The molecule has 2 aromatic rings. The van der Waals surface area contributed by atoms with Crippen molar-refractivity contribution in [3.63, 3.8) is 0 Å². The van der Waals surface area contributed by atoms with Crippen LogP contribution in [0, 0.1) is 6.92 Å². The number of aryl methyl sites for hydroxylation is 2. The van der Waals surface area contributed by atoms with Crippen molar-refractivity contribution in [2.75, 3.05) is 0 Å². The van der Waals surface area contributed by atoms with Crippen molar-refractivity contribution < 1.29 is 9.84 Å². The maximum atomic E-state index is 9.76. The number of rotatable bonds is 3. The van der Waals surface area contributed by atoms with Crippen LogP contribution < -0.4 is 4.74 Å². The monoisotopic (exact) mass is 255 g/mol. The Balaban J connectivity index is 1.71. The standard InChI is InChI=1S/C16H17NO2/c1-11-3-2-4-13(17-11)10-19-14-6-7-15-12(9-14)5-8-16(15)18/h2-4,6-7,9,16,18H,5,8,10H2,1H3/t16-/m0/s1. The third kappa shape index (κ3) is 2.61. The molecule has 0 aliphatic heterocycles. The van der Waals surface area contributed by atoms with Crippen LogP contribution in [0.2, 0.25) is 0 Å². The van der Waals surface area contributed by atoms with Gasteiger partial charge in [0.05, 0.1) is 11.8 Å². The first kappa shape index (κ1) is 12.2. The van der Waals surface area contributed by atoms with Gasteiger partial charge in [-0.1, -0.05) is 12.1 Å². The Morgan fingerprint density at radius 3 is 3.05 bits per heavy atom. The highest BCUT2D eigenvalue weighted by molar-refractivity contribution is 5.39. The molecule has 1 aliphatic carbocycles. The van der Waals surface area contributed by atoms with Gasteiger partial charge in [0, 0.05) is 5.69 Å². The molecular weight excluding hydrogens is 238 g/mol. The maximum Gasteiger partial charge on any atom is 0.130 e. The number of aromatic nitrogens is 1. The Kier molecular flexibility index (Phi) is 3.22. The van der Waals surface area contributed by atoms with Gasteiger partial charge in [-0.2, -0.15) is 0 Å². The Morgan fingerprint density at radius 1 is 1.32 bits per heavy atom. The zero-order chi connectivity index (χ0) is 13.2. The molecule has 19 heavy (non-hydrogen) atoms. The van der Waals surface area contributed by atoms with E-state index in [0.717, 1.165) is 35.5 Å². The first-order chi connectivity index (χ1) is 9.22. The molecular formula is C16H17NO2. The predicted octanol–water partition coefficient (Wildman–Crippen LogP) is 2.95. The van der Waals surface area contributed by atoms with Gasteiger partial charge in [0.1, 0.15) is 12.4 Å². The molecule has 1 aromatic carbocycles. The molecule has 1 atom stereocenters. The van der Waals surface area contributed by atoms with Gasteiger partial charge in [0.15, 0.2) is 0 Å². The van der Waals surface area contributed by atoms with Crippen LogP contribution in [0.1, 0.15) is 35.0 Å². The van der Waals surface area contributed by atoms with Gasteiger partial charge in [-0.15, -0.1) is 0 Å². The van der Waals surface area contributed by atoms with E-state index in [0.29, 0.717) is 6.61 Å². The largest absolute Gasteiger partial charge is 0.487 e. The number of aliphatic hydroxyl groups is 1. The number of aliphatic hydroxyl groups excluding tert-OH is 1. The third-order valence-corrected chi connectivity index (χ3v) is 3.49. The van der Waals surface area contributed by atoms with Crippen molar-refractivity contribution in [3.05, 3.63) is 58.9 Å². The first-order valence-electron chi connectivity index (χ1n) is 6.58. The Bertz CT molecular complexity index is 595. The Hall–Kier alpha value is -1.87. The molecule has 0 unspecified atom stereocenters. The molecule has 1 aromatic heterocycles. The van der Waals surface area contributed by atoms with Gasteiger partial charge < -0.3 is 9.84 Å². The van der Waals surface area contributed by atoms with Crippen LogP contribution in [0.25, 0.3) is 0 Å². The van der Waals surface area contributed by atoms with E-state index >= 15 is 0 Å². The molecule has 1 N–H and O–H groups in total. The van der Waals surface area contributed by atoms with Crippen LogP contribution in [-0.2, 0) is 13.0 Å². The second kappa shape index (κ2) is 5.02. The molecule has 0 spiro atoms. The van der Waals surface area contributed by atoms with Crippen molar-refractivity contribution in [2.45, 2.75) is 32.5 Å². The van der Waals surface area contributed by atoms with Crippen molar-refractivity contribution in [2.24, 2.45) is 0 Å². The molecule has 0 amide bonds. The van der Waals surface area contributed by atoms with Gasteiger partial charge >= 0.3 is 0 Å². The first-order valence-corrected chi connectivity index (χ1v) is 6.58. The van der Waals surface area contributed by atoms with E-state index in [-0.39, 0.29) is 6.10 Å². The third-order valence-electron chi connectivity index (χ3n) is 3.49. The summed E-state index contributed by atoms with van der Waals surface area (Å²) in [6.45, 7) is 2.45. The fourth-order valence-corrected chi connectivity index (χ4v) is 2.50. The summed E-state index contributed by atoms with van der Waals surface area (Å²) in [5.74, 6) is 0.844. The quantitative estimate of drug-likeness (QED) is 0.917. The van der Waals surface area contributed by atoms with Crippen molar-refractivity contribution in [1.29, 1.82) is 0 Å². The molecule has 1 heterocycles. The highest BCUT2D eigenvalue weighted by Gasteiger charge is 2.20. The molecule has 0 fully saturated rings. The summed E-state index contributed by atoms with van der Waals surface area (Å²) < 4.78 is 5.76. The average Bonchev–Trinajstić information content (AvgIpc) is 2.78. The molecule has 3 heteroatoms. The minimum atomic E-state index is -0.303. The van der Waals surface area contributed by atoms with E-state index in [1.54, 1.807) is 0 Å². The number of ether oxygens (including phenoxy) is 1. The second-order valence-corrected chi connectivity index (χ2v) is 4.97. The number of hydrogen-bond donors (Lipinski definition) is 1. The maximum absolute atomic E-state index is 9.76. The van der Waals surface area contributed by atoms with Crippen molar-refractivity contribution in [3.8, 4) is 5.75 Å². The molecule has 0 radical (unpaired) electrons. The summed E-state index contributed by atoms with van der Waals surface area (Å²) in [5.41, 5.74) is 4.17. The van der Waals surface area contributed by atoms with E-state index in [9.17, 15) is 5.11 Å². The molecule has 0 bridgehead atoms. The lowest BCUT2D eigenvalue weighted by molar-refractivity contribution is 0.180. The Labute approximate surface area is 112 Å². The lowest BCUT2D eigenvalue weighted by atomic mass is 10.1. The summed E-state index contributed by atoms with van der Waals surface area (Å²) >= 11 is 0. The summed E-state index contributed by atoms with van der Waals surface area (Å²) in [5, 5.41) is 9.76. The van der Waals surface area contributed by atoms with Gasteiger partial charge in [-0.05, 0) is 55.2 Å². The number of nitrogens with zero attached hydrogens (tertiary/aromatic N) is 1. The van der Waals surface area contributed by atoms with Crippen LogP contribution in [-0.4, -0.2) is 10.1 Å². The SMILES string of the molecule is Cc1cccc(COc2ccc3c(c2)CC[C@@H]3O)n1. The summed E-state index contributed by atoms with van der Waals surface area (Å²) in [6, 6.07) is 11.8. The second-order valence-electron chi connectivity index (χ2n) is 4.97. The number of pyridine rings is 1. The van der Waals surface area contributed by atoms with E-state index in [1.165, 1.54) is 5.56 Å². The van der Waals surface area contributed by atoms with Crippen LogP contribution in [0.4, 0.5) is 0 Å². The van der Waals surface area contributed by atoms with Gasteiger partial charge in [0.2, 0.25) is 0 Å². The minimum absolute atomic E-state index is 0.303. The lowest BCUT2D eigenvalue weighted by Crippen LogP contribution is -1.99.